The maximum atomic E-state index is 13.3. The molecule has 0 aromatic heterocycles. The third-order valence-corrected chi connectivity index (χ3v) is 2.26. The number of hydrogen-bond acceptors (Lipinski definition) is 0. The van der Waals surface area contributed by atoms with Crippen LogP contribution in [0.2, 0.25) is 0 Å². The molecule has 0 unspecified atom stereocenters. The zero-order valence-electron chi connectivity index (χ0n) is 8.83. The Labute approximate surface area is 97.0 Å². The van der Waals surface area contributed by atoms with Crippen molar-refractivity contribution in [3.8, 4) is 0 Å². The Balaban J connectivity index is 2.29. The Kier molecular flexibility index (Phi) is 3.28. The van der Waals surface area contributed by atoms with E-state index in [-0.39, 0.29) is 11.4 Å². The van der Waals surface area contributed by atoms with Crippen LogP contribution in [0.1, 0.15) is 11.1 Å². The zero-order valence-corrected chi connectivity index (χ0v) is 8.83. The van der Waals surface area contributed by atoms with Gasteiger partial charge in [0.2, 0.25) is 0 Å². The molecule has 0 heterocycles. The summed E-state index contributed by atoms with van der Waals surface area (Å²) in [5, 5.41) is 0. The molecule has 0 amide bonds. The summed E-state index contributed by atoms with van der Waals surface area (Å²) in [6, 6.07) is 9.06. The lowest BCUT2D eigenvalue weighted by atomic mass is 10.1. The largest absolute Gasteiger partial charge is 0.207 e. The van der Waals surface area contributed by atoms with E-state index in [0.29, 0.717) is 5.56 Å². The van der Waals surface area contributed by atoms with Crippen molar-refractivity contribution in [1.82, 2.24) is 0 Å². The summed E-state index contributed by atoms with van der Waals surface area (Å²) in [4.78, 5) is 0. The monoisotopic (exact) mass is 234 g/mol. The summed E-state index contributed by atoms with van der Waals surface area (Å²) in [5.41, 5.74) is 0.725. The average molecular weight is 234 g/mol. The van der Waals surface area contributed by atoms with Crippen LogP contribution < -0.4 is 0 Å². The van der Waals surface area contributed by atoms with Gasteiger partial charge in [-0.1, -0.05) is 24.3 Å². The third kappa shape index (κ3) is 2.97. The van der Waals surface area contributed by atoms with E-state index >= 15 is 0 Å². The van der Waals surface area contributed by atoms with Crippen molar-refractivity contribution in [1.29, 1.82) is 0 Å². The van der Waals surface area contributed by atoms with Gasteiger partial charge in [-0.05, 0) is 35.9 Å². The lowest BCUT2D eigenvalue weighted by molar-refractivity contribution is 0.598. The molecule has 0 nitrogen and oxygen atoms in total. The minimum Gasteiger partial charge on any atom is -0.207 e. The predicted octanol–water partition coefficient (Wildman–Crippen LogP) is 4.27. The van der Waals surface area contributed by atoms with E-state index in [9.17, 15) is 13.2 Å². The highest BCUT2D eigenvalue weighted by Gasteiger charge is 2.00. The molecule has 2 aromatic rings. The normalized spacial score (nSPS) is 11.0. The summed E-state index contributed by atoms with van der Waals surface area (Å²) in [7, 11) is 0. The van der Waals surface area contributed by atoms with Gasteiger partial charge in [-0.15, -0.1) is 0 Å². The maximum absolute atomic E-state index is 13.3. The van der Waals surface area contributed by atoms with Gasteiger partial charge in [-0.2, -0.15) is 0 Å². The quantitative estimate of drug-likeness (QED) is 0.680. The lowest BCUT2D eigenvalue weighted by Crippen LogP contribution is -1.84. The van der Waals surface area contributed by atoms with Gasteiger partial charge in [0, 0.05) is 5.56 Å². The van der Waals surface area contributed by atoms with Crippen molar-refractivity contribution in [2.24, 2.45) is 0 Å². The molecule has 0 aliphatic carbocycles. The Hall–Kier alpha value is -2.03. The summed E-state index contributed by atoms with van der Waals surface area (Å²) in [5.74, 6) is -1.39. The van der Waals surface area contributed by atoms with Crippen LogP contribution in [0.4, 0.5) is 13.2 Å². The van der Waals surface area contributed by atoms with Gasteiger partial charge < -0.3 is 0 Å². The topological polar surface area (TPSA) is 0 Å². The molecule has 0 N–H and O–H groups in total. The van der Waals surface area contributed by atoms with E-state index in [4.69, 9.17) is 0 Å². The molecule has 17 heavy (non-hydrogen) atoms. The first-order valence-electron chi connectivity index (χ1n) is 5.04. The second-order valence-electron chi connectivity index (χ2n) is 3.55. The van der Waals surface area contributed by atoms with Gasteiger partial charge in [-0.3, -0.25) is 0 Å². The van der Waals surface area contributed by atoms with Gasteiger partial charge >= 0.3 is 0 Å². The van der Waals surface area contributed by atoms with E-state index < -0.39 is 11.6 Å². The fraction of sp³-hybridized carbons (Fsp3) is 0. The minimum absolute atomic E-state index is 0.134. The number of benzene rings is 2. The highest BCUT2D eigenvalue weighted by molar-refractivity contribution is 5.69. The Morgan fingerprint density at radius 2 is 1.53 bits per heavy atom. The molecule has 0 aliphatic heterocycles. The van der Waals surface area contributed by atoms with E-state index in [0.717, 1.165) is 18.2 Å². The molecular formula is C14H9F3. The van der Waals surface area contributed by atoms with Crippen LogP contribution in [-0.2, 0) is 0 Å². The summed E-state index contributed by atoms with van der Waals surface area (Å²) in [6.45, 7) is 0. The van der Waals surface area contributed by atoms with Gasteiger partial charge in [0.15, 0.2) is 0 Å². The van der Waals surface area contributed by atoms with Crippen molar-refractivity contribution < 1.29 is 13.2 Å². The van der Waals surface area contributed by atoms with Crippen LogP contribution in [-0.4, -0.2) is 0 Å². The highest BCUT2D eigenvalue weighted by Crippen LogP contribution is 2.14. The van der Waals surface area contributed by atoms with E-state index in [1.165, 1.54) is 24.3 Å². The molecule has 0 atom stereocenters. The van der Waals surface area contributed by atoms with Crippen molar-refractivity contribution >= 4 is 12.2 Å². The molecule has 0 spiro atoms. The van der Waals surface area contributed by atoms with Gasteiger partial charge in [-0.25, -0.2) is 13.2 Å². The van der Waals surface area contributed by atoms with Crippen LogP contribution in [0, 0.1) is 17.5 Å². The third-order valence-electron chi connectivity index (χ3n) is 2.26. The predicted molar refractivity (Wildman–Crippen MR) is 61.7 cm³/mol. The Morgan fingerprint density at radius 3 is 2.29 bits per heavy atom. The second-order valence-corrected chi connectivity index (χ2v) is 3.55. The fourth-order valence-electron chi connectivity index (χ4n) is 1.44. The Morgan fingerprint density at radius 1 is 0.765 bits per heavy atom. The average Bonchev–Trinajstić information content (AvgIpc) is 2.30. The summed E-state index contributed by atoms with van der Waals surface area (Å²) < 4.78 is 39.0. The highest BCUT2D eigenvalue weighted by atomic mass is 19.1. The van der Waals surface area contributed by atoms with E-state index in [2.05, 4.69) is 0 Å². The summed E-state index contributed by atoms with van der Waals surface area (Å²) in [6.07, 6.45) is 2.94. The molecule has 0 fully saturated rings. The van der Waals surface area contributed by atoms with Crippen molar-refractivity contribution in [3.05, 3.63) is 71.0 Å². The maximum Gasteiger partial charge on any atom is 0.130 e. The number of rotatable bonds is 2. The molecule has 0 aliphatic rings. The van der Waals surface area contributed by atoms with Crippen LogP contribution in [0.5, 0.6) is 0 Å². The molecule has 3 heteroatoms. The van der Waals surface area contributed by atoms with E-state index in [1.54, 1.807) is 12.1 Å². The van der Waals surface area contributed by atoms with Gasteiger partial charge in [0.05, 0.1) is 0 Å². The molecule has 0 bridgehead atoms. The van der Waals surface area contributed by atoms with Gasteiger partial charge in [0.1, 0.15) is 17.5 Å². The molecule has 0 saturated carbocycles. The van der Waals surface area contributed by atoms with E-state index in [1.807, 2.05) is 0 Å². The van der Waals surface area contributed by atoms with Crippen LogP contribution in [0.15, 0.2) is 42.5 Å². The standard InChI is InChI=1S/C14H9F3/c15-12-3-1-2-10(8-12)4-5-11-9-13(16)6-7-14(11)17/h1-9H/b5-4+. The second kappa shape index (κ2) is 4.87. The van der Waals surface area contributed by atoms with Crippen molar-refractivity contribution in [2.75, 3.05) is 0 Å². The first kappa shape index (κ1) is 11.5. The lowest BCUT2D eigenvalue weighted by Gasteiger charge is -1.97. The number of hydrogen-bond donors (Lipinski definition) is 0. The Bertz CT molecular complexity index is 559. The van der Waals surface area contributed by atoms with Gasteiger partial charge in [0.25, 0.3) is 0 Å². The molecule has 0 saturated heterocycles. The van der Waals surface area contributed by atoms with Crippen LogP contribution in [0.25, 0.3) is 12.2 Å². The van der Waals surface area contributed by atoms with Crippen LogP contribution >= 0.6 is 0 Å². The zero-order chi connectivity index (χ0) is 12.3. The number of halogens is 3. The molecule has 2 rings (SSSR count). The fourth-order valence-corrected chi connectivity index (χ4v) is 1.44. The van der Waals surface area contributed by atoms with Crippen molar-refractivity contribution in [2.45, 2.75) is 0 Å². The van der Waals surface area contributed by atoms with Crippen molar-refractivity contribution in [3.63, 3.8) is 0 Å². The molecule has 2 aromatic carbocycles. The molecule has 0 radical (unpaired) electrons. The first-order valence-corrected chi connectivity index (χ1v) is 5.04. The SMILES string of the molecule is Fc1cccc(/C=C/c2cc(F)ccc2F)c1. The first-order chi connectivity index (χ1) is 8.15. The van der Waals surface area contributed by atoms with Crippen LogP contribution in [0.3, 0.4) is 0 Å². The minimum atomic E-state index is -0.515. The molecule has 86 valence electrons. The summed E-state index contributed by atoms with van der Waals surface area (Å²) >= 11 is 0. The smallest absolute Gasteiger partial charge is 0.130 e. The molecular weight excluding hydrogens is 225 g/mol.